The van der Waals surface area contributed by atoms with Crippen LogP contribution in [0.4, 0.5) is 24.9 Å². The van der Waals surface area contributed by atoms with Crippen LogP contribution in [0.2, 0.25) is 0 Å². The summed E-state index contributed by atoms with van der Waals surface area (Å²) in [5.74, 6) is 0.216. The zero-order valence-electron chi connectivity index (χ0n) is 23.2. The van der Waals surface area contributed by atoms with Crippen molar-refractivity contribution >= 4 is 28.6 Å². The summed E-state index contributed by atoms with van der Waals surface area (Å²) >= 11 is 0. The van der Waals surface area contributed by atoms with Gasteiger partial charge >= 0.3 is 6.18 Å². The maximum atomic E-state index is 14.0. The van der Waals surface area contributed by atoms with Gasteiger partial charge in [-0.2, -0.15) is 33.2 Å². The predicted molar refractivity (Wildman–Crippen MR) is 150 cm³/mol. The monoisotopic (exact) mass is 581 g/mol. The van der Waals surface area contributed by atoms with Gasteiger partial charge in [-0.3, -0.25) is 14.5 Å². The smallest absolute Gasteiger partial charge is 0.352 e. The Balaban J connectivity index is 1.63. The minimum absolute atomic E-state index is 0.0290. The van der Waals surface area contributed by atoms with Crippen molar-refractivity contribution < 1.29 is 18.0 Å². The van der Waals surface area contributed by atoms with Gasteiger partial charge in [0, 0.05) is 32.7 Å². The van der Waals surface area contributed by atoms with Crippen molar-refractivity contribution in [3.63, 3.8) is 0 Å². The molecule has 0 radical (unpaired) electrons. The van der Waals surface area contributed by atoms with E-state index >= 15 is 0 Å². The molecule has 220 valence electrons. The fourth-order valence-corrected chi connectivity index (χ4v) is 5.52. The molecule has 1 aromatic carbocycles. The molecule has 0 aliphatic carbocycles. The molecule has 0 bridgehead atoms. The average Bonchev–Trinajstić information content (AvgIpc) is 2.93. The number of carbonyl (C=O) groups is 1. The number of hydrogen-bond acceptors (Lipinski definition) is 9. The van der Waals surface area contributed by atoms with Gasteiger partial charge in [-0.15, -0.1) is 0 Å². The standard InChI is InChI=1S/C28H30F3N9O2/c1-4-22(41)39-12-11-38(16-19(39)9-10-32)25-20-13-33-40(21-8-6-7-17(3)23(21)28(29,30)31)26(42)24(20)35-27(36-25)34-18-14-37(5-2)15-18/h4,6-8,13,18-19H,1,5,9,11-12,14-16H2,2-3H3,(H,34,35,36)/t19-/m0/s1. The first-order valence-corrected chi connectivity index (χ1v) is 13.6. The van der Waals surface area contributed by atoms with Crippen molar-refractivity contribution in [2.24, 2.45) is 0 Å². The van der Waals surface area contributed by atoms with E-state index in [0.29, 0.717) is 12.4 Å². The lowest BCUT2D eigenvalue weighted by atomic mass is 10.1. The quantitative estimate of drug-likeness (QED) is 0.420. The highest BCUT2D eigenvalue weighted by molar-refractivity contribution is 5.90. The molecule has 1 amide bonds. The van der Waals surface area contributed by atoms with Crippen LogP contribution in [-0.2, 0) is 11.0 Å². The maximum Gasteiger partial charge on any atom is 0.418 e. The van der Waals surface area contributed by atoms with E-state index in [1.165, 1.54) is 37.4 Å². The van der Waals surface area contributed by atoms with Crippen LogP contribution >= 0.6 is 0 Å². The number of nitriles is 1. The zero-order chi connectivity index (χ0) is 30.2. The minimum atomic E-state index is -4.71. The summed E-state index contributed by atoms with van der Waals surface area (Å²) in [5.41, 5.74) is -2.32. The van der Waals surface area contributed by atoms with E-state index < -0.39 is 29.0 Å². The number of likely N-dealkylation sites (tertiary alicyclic amines) is 1. The summed E-state index contributed by atoms with van der Waals surface area (Å²) in [6.07, 6.45) is -2.15. The van der Waals surface area contributed by atoms with Crippen molar-refractivity contribution in [3.05, 3.63) is 58.5 Å². The van der Waals surface area contributed by atoms with Crippen LogP contribution in [0.5, 0.6) is 0 Å². The van der Waals surface area contributed by atoms with Gasteiger partial charge in [0.05, 0.1) is 47.4 Å². The number of aryl methyl sites for hydroxylation is 1. The Morgan fingerprint density at radius 2 is 2.00 bits per heavy atom. The summed E-state index contributed by atoms with van der Waals surface area (Å²) in [7, 11) is 0. The number of carbonyl (C=O) groups excluding carboxylic acids is 1. The first-order valence-electron chi connectivity index (χ1n) is 13.6. The Kier molecular flexibility index (Phi) is 7.87. The SMILES string of the molecule is C=CC(=O)N1CCN(c2nc(NC3CN(CC)C3)nc3c(=O)n(-c4cccc(C)c4C(F)(F)F)ncc23)C[C@@H]1CC#N. The Bertz CT molecular complexity index is 1630. The molecule has 1 atom stereocenters. The Labute approximate surface area is 239 Å². The molecule has 2 saturated heterocycles. The van der Waals surface area contributed by atoms with E-state index in [-0.39, 0.29) is 53.9 Å². The van der Waals surface area contributed by atoms with Crippen LogP contribution in [0.15, 0.2) is 41.8 Å². The second kappa shape index (κ2) is 11.4. The highest BCUT2D eigenvalue weighted by Gasteiger charge is 2.37. The number of likely N-dealkylation sites (N-methyl/N-ethyl adjacent to an activating group) is 1. The van der Waals surface area contributed by atoms with Gasteiger partial charge in [0.25, 0.3) is 5.56 Å². The van der Waals surface area contributed by atoms with Gasteiger partial charge in [-0.25, -0.2) is 4.98 Å². The second-order valence-corrected chi connectivity index (χ2v) is 10.4. The molecule has 1 N–H and O–H groups in total. The molecule has 0 unspecified atom stereocenters. The molecule has 2 aliphatic heterocycles. The number of nitrogens with one attached hydrogen (secondary N) is 1. The van der Waals surface area contributed by atoms with Gasteiger partial charge in [0.2, 0.25) is 11.9 Å². The number of halogens is 3. The second-order valence-electron chi connectivity index (χ2n) is 10.4. The van der Waals surface area contributed by atoms with Gasteiger partial charge in [0.1, 0.15) is 11.3 Å². The summed E-state index contributed by atoms with van der Waals surface area (Å²) < 4.78 is 42.8. The molecule has 11 nitrogen and oxygen atoms in total. The number of alkyl halides is 3. The molecule has 3 aromatic rings. The third kappa shape index (κ3) is 5.39. The van der Waals surface area contributed by atoms with Crippen LogP contribution in [0.1, 0.15) is 24.5 Å². The first kappa shape index (κ1) is 29.0. The van der Waals surface area contributed by atoms with E-state index in [1.807, 2.05) is 11.8 Å². The molecule has 0 saturated carbocycles. The summed E-state index contributed by atoms with van der Waals surface area (Å²) in [6.45, 7) is 10.2. The number of hydrogen-bond donors (Lipinski definition) is 1. The van der Waals surface area contributed by atoms with Crippen molar-refractivity contribution in [2.75, 3.05) is 49.5 Å². The molecule has 5 rings (SSSR count). The number of nitrogens with zero attached hydrogens (tertiary/aromatic N) is 8. The summed E-state index contributed by atoms with van der Waals surface area (Å²) in [6, 6.07) is 5.64. The van der Waals surface area contributed by atoms with Gasteiger partial charge in [0.15, 0.2) is 0 Å². The topological polar surface area (TPSA) is 123 Å². The van der Waals surface area contributed by atoms with Crippen LogP contribution in [0.3, 0.4) is 0 Å². The normalized spacial score (nSPS) is 18.0. The predicted octanol–water partition coefficient (Wildman–Crippen LogP) is 2.74. The van der Waals surface area contributed by atoms with E-state index in [0.717, 1.165) is 24.3 Å². The van der Waals surface area contributed by atoms with Crippen molar-refractivity contribution in [3.8, 4) is 11.8 Å². The lowest BCUT2D eigenvalue weighted by Gasteiger charge is -2.41. The molecule has 2 aromatic heterocycles. The van der Waals surface area contributed by atoms with Crippen LogP contribution < -0.4 is 15.8 Å². The third-order valence-corrected chi connectivity index (χ3v) is 7.69. The van der Waals surface area contributed by atoms with Crippen molar-refractivity contribution in [1.29, 1.82) is 5.26 Å². The molecule has 2 aliphatic rings. The number of piperazine rings is 1. The molecule has 4 heterocycles. The van der Waals surface area contributed by atoms with E-state index in [9.17, 15) is 28.0 Å². The Morgan fingerprint density at radius 3 is 2.67 bits per heavy atom. The Morgan fingerprint density at radius 1 is 1.24 bits per heavy atom. The maximum absolute atomic E-state index is 14.0. The lowest BCUT2D eigenvalue weighted by molar-refractivity contribution is -0.138. The van der Waals surface area contributed by atoms with E-state index in [4.69, 9.17) is 4.98 Å². The molecule has 42 heavy (non-hydrogen) atoms. The molecular weight excluding hydrogens is 551 g/mol. The lowest BCUT2D eigenvalue weighted by Crippen LogP contribution is -2.55. The van der Waals surface area contributed by atoms with E-state index in [1.54, 1.807) is 4.90 Å². The number of benzene rings is 1. The third-order valence-electron chi connectivity index (χ3n) is 7.69. The van der Waals surface area contributed by atoms with Gasteiger partial charge in [-0.05, 0) is 31.2 Å². The highest BCUT2D eigenvalue weighted by Crippen LogP contribution is 2.36. The van der Waals surface area contributed by atoms with Crippen LogP contribution in [0, 0.1) is 18.3 Å². The molecule has 14 heteroatoms. The molecule has 2 fully saturated rings. The van der Waals surface area contributed by atoms with Crippen LogP contribution in [-0.4, -0.2) is 86.8 Å². The molecular formula is C28H30F3N9O2. The number of amides is 1. The van der Waals surface area contributed by atoms with Crippen molar-refractivity contribution in [1.82, 2.24) is 29.5 Å². The number of rotatable bonds is 7. The van der Waals surface area contributed by atoms with Gasteiger partial charge < -0.3 is 15.1 Å². The summed E-state index contributed by atoms with van der Waals surface area (Å²) in [5, 5.41) is 17.0. The average molecular weight is 582 g/mol. The van der Waals surface area contributed by atoms with Crippen LogP contribution in [0.25, 0.3) is 16.6 Å². The fourth-order valence-electron chi connectivity index (χ4n) is 5.52. The number of fused-ring (bicyclic) bond motifs is 1. The first-order chi connectivity index (χ1) is 20.0. The number of aromatic nitrogens is 4. The summed E-state index contributed by atoms with van der Waals surface area (Å²) in [4.78, 5) is 41.0. The largest absolute Gasteiger partial charge is 0.418 e. The highest BCUT2D eigenvalue weighted by atomic mass is 19.4. The number of anilines is 2. The zero-order valence-corrected chi connectivity index (χ0v) is 23.2. The van der Waals surface area contributed by atoms with Gasteiger partial charge in [-0.1, -0.05) is 25.6 Å². The molecule has 0 spiro atoms. The van der Waals surface area contributed by atoms with E-state index in [2.05, 4.69) is 32.9 Å². The Hall–Kier alpha value is -4.51. The van der Waals surface area contributed by atoms with Crippen molar-refractivity contribution in [2.45, 2.75) is 38.5 Å². The minimum Gasteiger partial charge on any atom is -0.352 e. The fraction of sp³-hybridized carbons (Fsp3) is 0.429.